The average molecular weight is 347 g/mol. The molecular weight excluding hydrogens is 334 g/mol. The minimum Gasteiger partial charge on any atom is -0.476 e. The van der Waals surface area contributed by atoms with Crippen molar-refractivity contribution >= 4 is 23.3 Å². The standard InChI is InChI=1S/C19H13N3O4/c1-22-18-16(17(21-22)19(24)25)14(8-9-20-18)11-2-4-12(5-3-11)15-7-6-13(10-23)26-15/h2-10H,1H3,(H,24,25). The molecule has 0 bridgehead atoms. The lowest BCUT2D eigenvalue weighted by molar-refractivity contribution is 0.0691. The predicted molar refractivity (Wildman–Crippen MR) is 94.0 cm³/mol. The van der Waals surface area contributed by atoms with E-state index in [2.05, 4.69) is 10.1 Å². The lowest BCUT2D eigenvalue weighted by Gasteiger charge is -2.05. The molecule has 0 saturated heterocycles. The maximum Gasteiger partial charge on any atom is 0.357 e. The molecule has 26 heavy (non-hydrogen) atoms. The zero-order valence-corrected chi connectivity index (χ0v) is 13.7. The first-order chi connectivity index (χ1) is 12.6. The highest BCUT2D eigenvalue weighted by atomic mass is 16.4. The Kier molecular flexibility index (Phi) is 3.62. The number of aromatic nitrogens is 3. The first-order valence-electron chi connectivity index (χ1n) is 7.79. The van der Waals surface area contributed by atoms with E-state index in [4.69, 9.17) is 4.42 Å². The van der Waals surface area contributed by atoms with Crippen LogP contribution in [0.5, 0.6) is 0 Å². The summed E-state index contributed by atoms with van der Waals surface area (Å²) in [7, 11) is 1.66. The topological polar surface area (TPSA) is 98.2 Å². The van der Waals surface area contributed by atoms with E-state index in [9.17, 15) is 14.7 Å². The average Bonchev–Trinajstić information content (AvgIpc) is 3.27. The van der Waals surface area contributed by atoms with Crippen LogP contribution in [0.2, 0.25) is 0 Å². The Morgan fingerprint density at radius 2 is 1.85 bits per heavy atom. The van der Waals surface area contributed by atoms with Crippen molar-refractivity contribution in [2.75, 3.05) is 0 Å². The van der Waals surface area contributed by atoms with Crippen LogP contribution < -0.4 is 0 Å². The van der Waals surface area contributed by atoms with E-state index in [0.29, 0.717) is 23.1 Å². The fraction of sp³-hybridized carbons (Fsp3) is 0.0526. The number of rotatable bonds is 4. The molecular formula is C19H13N3O4. The summed E-state index contributed by atoms with van der Waals surface area (Å²) in [6.45, 7) is 0. The van der Waals surface area contributed by atoms with Crippen molar-refractivity contribution in [2.24, 2.45) is 7.05 Å². The number of carbonyl (C=O) groups excluding carboxylic acids is 1. The highest BCUT2D eigenvalue weighted by Crippen LogP contribution is 2.31. The van der Waals surface area contributed by atoms with Gasteiger partial charge < -0.3 is 9.52 Å². The molecule has 1 aromatic carbocycles. The molecule has 3 aromatic heterocycles. The Labute approximate surface area is 147 Å². The van der Waals surface area contributed by atoms with E-state index < -0.39 is 5.97 Å². The Morgan fingerprint density at radius 3 is 2.50 bits per heavy atom. The molecule has 0 radical (unpaired) electrons. The fourth-order valence-corrected chi connectivity index (χ4v) is 2.95. The molecule has 4 rings (SSSR count). The van der Waals surface area contributed by atoms with Crippen molar-refractivity contribution in [1.82, 2.24) is 14.8 Å². The second-order valence-corrected chi connectivity index (χ2v) is 5.73. The van der Waals surface area contributed by atoms with E-state index >= 15 is 0 Å². The van der Waals surface area contributed by atoms with Gasteiger partial charge >= 0.3 is 5.97 Å². The van der Waals surface area contributed by atoms with Crippen LogP contribution >= 0.6 is 0 Å². The number of carboxylic acids is 1. The van der Waals surface area contributed by atoms with Crippen molar-refractivity contribution in [3.63, 3.8) is 0 Å². The summed E-state index contributed by atoms with van der Waals surface area (Å²) in [5.74, 6) is -0.244. The molecule has 0 atom stereocenters. The van der Waals surface area contributed by atoms with E-state index in [1.165, 1.54) is 4.68 Å². The maximum atomic E-state index is 11.5. The number of hydrogen-bond acceptors (Lipinski definition) is 5. The molecule has 4 aromatic rings. The lowest BCUT2D eigenvalue weighted by Crippen LogP contribution is -1.99. The summed E-state index contributed by atoms with van der Waals surface area (Å²) in [5, 5.41) is 14.0. The van der Waals surface area contributed by atoms with Crippen LogP contribution in [0.15, 0.2) is 53.1 Å². The number of carboxylic acid groups (broad SMARTS) is 1. The molecule has 128 valence electrons. The molecule has 3 heterocycles. The van der Waals surface area contributed by atoms with E-state index in [1.54, 1.807) is 31.4 Å². The van der Waals surface area contributed by atoms with Gasteiger partial charge in [-0.2, -0.15) is 5.10 Å². The zero-order chi connectivity index (χ0) is 18.3. The van der Waals surface area contributed by atoms with Gasteiger partial charge in [0, 0.05) is 18.8 Å². The molecule has 0 aliphatic heterocycles. The summed E-state index contributed by atoms with van der Waals surface area (Å²) in [6, 6.07) is 12.5. The SMILES string of the molecule is Cn1nc(C(=O)O)c2c(-c3ccc(-c4ccc(C=O)o4)cc3)ccnc21. The molecule has 0 aliphatic carbocycles. The molecule has 7 nitrogen and oxygen atoms in total. The summed E-state index contributed by atoms with van der Waals surface area (Å²) in [4.78, 5) is 26.5. The number of carbonyl (C=O) groups is 2. The van der Waals surface area contributed by atoms with E-state index in [1.807, 2.05) is 24.3 Å². The van der Waals surface area contributed by atoms with Gasteiger partial charge in [-0.1, -0.05) is 24.3 Å². The molecule has 0 aliphatic rings. The smallest absolute Gasteiger partial charge is 0.357 e. The van der Waals surface area contributed by atoms with Crippen LogP contribution in [0.3, 0.4) is 0 Å². The monoisotopic (exact) mass is 347 g/mol. The number of pyridine rings is 1. The van der Waals surface area contributed by atoms with E-state index in [-0.39, 0.29) is 11.5 Å². The summed E-state index contributed by atoms with van der Waals surface area (Å²) >= 11 is 0. The molecule has 0 fully saturated rings. The van der Waals surface area contributed by atoms with Gasteiger partial charge in [-0.15, -0.1) is 0 Å². The van der Waals surface area contributed by atoms with Gasteiger partial charge in [0.25, 0.3) is 0 Å². The van der Waals surface area contributed by atoms with Crippen molar-refractivity contribution < 1.29 is 19.1 Å². The number of benzene rings is 1. The minimum absolute atomic E-state index is 0.0312. The van der Waals surface area contributed by atoms with Crippen molar-refractivity contribution in [1.29, 1.82) is 0 Å². The molecule has 7 heteroatoms. The van der Waals surface area contributed by atoms with Crippen LogP contribution in [0, 0.1) is 0 Å². The Hall–Kier alpha value is -3.74. The van der Waals surface area contributed by atoms with Crippen molar-refractivity contribution in [3.05, 3.63) is 60.1 Å². The van der Waals surface area contributed by atoms with Crippen LogP contribution in [0.25, 0.3) is 33.5 Å². The van der Waals surface area contributed by atoms with Gasteiger partial charge in [0.05, 0.1) is 5.39 Å². The third kappa shape index (κ3) is 2.46. The minimum atomic E-state index is -1.10. The third-order valence-electron chi connectivity index (χ3n) is 4.15. The quantitative estimate of drug-likeness (QED) is 0.568. The largest absolute Gasteiger partial charge is 0.476 e. The number of aromatic carboxylic acids is 1. The number of hydrogen-bond donors (Lipinski definition) is 1. The number of nitrogens with zero attached hydrogens (tertiary/aromatic N) is 3. The second kappa shape index (κ2) is 5.96. The Morgan fingerprint density at radius 1 is 1.12 bits per heavy atom. The summed E-state index contributed by atoms with van der Waals surface area (Å²) in [6.07, 6.45) is 2.28. The molecule has 0 spiro atoms. The number of fused-ring (bicyclic) bond motifs is 1. The van der Waals surface area contributed by atoms with Crippen LogP contribution in [-0.2, 0) is 7.05 Å². The molecule has 0 unspecified atom stereocenters. The third-order valence-corrected chi connectivity index (χ3v) is 4.15. The van der Waals surface area contributed by atoms with Crippen LogP contribution in [-0.4, -0.2) is 32.1 Å². The van der Waals surface area contributed by atoms with Gasteiger partial charge in [0.1, 0.15) is 5.76 Å². The van der Waals surface area contributed by atoms with Crippen LogP contribution in [0.1, 0.15) is 21.0 Å². The maximum absolute atomic E-state index is 11.5. The van der Waals surface area contributed by atoms with Gasteiger partial charge in [-0.3, -0.25) is 4.79 Å². The Balaban J connectivity index is 1.83. The summed E-state index contributed by atoms with van der Waals surface area (Å²) < 4.78 is 6.88. The second-order valence-electron chi connectivity index (χ2n) is 5.73. The summed E-state index contributed by atoms with van der Waals surface area (Å²) in [5.41, 5.74) is 2.86. The predicted octanol–water partition coefficient (Wildman–Crippen LogP) is 3.41. The van der Waals surface area contributed by atoms with Crippen LogP contribution in [0.4, 0.5) is 0 Å². The lowest BCUT2D eigenvalue weighted by atomic mass is 10.0. The zero-order valence-electron chi connectivity index (χ0n) is 13.7. The van der Waals surface area contributed by atoms with Crippen molar-refractivity contribution in [3.8, 4) is 22.5 Å². The van der Waals surface area contributed by atoms with E-state index in [0.717, 1.165) is 16.7 Å². The number of furan rings is 1. The highest BCUT2D eigenvalue weighted by Gasteiger charge is 2.20. The fourth-order valence-electron chi connectivity index (χ4n) is 2.95. The van der Waals surface area contributed by atoms with Crippen molar-refractivity contribution in [2.45, 2.75) is 0 Å². The highest BCUT2D eigenvalue weighted by molar-refractivity contribution is 6.06. The number of aldehydes is 1. The van der Waals surface area contributed by atoms with Gasteiger partial charge in [0.15, 0.2) is 23.4 Å². The molecule has 0 saturated carbocycles. The number of aryl methyl sites for hydroxylation is 1. The van der Waals surface area contributed by atoms with Gasteiger partial charge in [-0.05, 0) is 29.3 Å². The first-order valence-corrected chi connectivity index (χ1v) is 7.79. The van der Waals surface area contributed by atoms with Gasteiger partial charge in [0.2, 0.25) is 0 Å². The first kappa shape index (κ1) is 15.8. The molecule has 1 N–H and O–H groups in total. The molecule has 0 amide bonds. The Bertz CT molecular complexity index is 1140. The van der Waals surface area contributed by atoms with Gasteiger partial charge in [-0.25, -0.2) is 14.5 Å². The normalized spacial score (nSPS) is 11.0.